The molecule has 30 heavy (non-hydrogen) atoms. The summed E-state index contributed by atoms with van der Waals surface area (Å²) in [4.78, 5) is 47.4. The summed E-state index contributed by atoms with van der Waals surface area (Å²) in [6.07, 6.45) is 3.14. The molecule has 3 N–H and O–H groups in total. The molecular formula is C22H27N5O3. The van der Waals surface area contributed by atoms with Crippen molar-refractivity contribution in [2.75, 3.05) is 28.6 Å². The number of piperidine rings is 1. The van der Waals surface area contributed by atoms with E-state index in [9.17, 15) is 14.4 Å². The Bertz CT molecular complexity index is 1010. The second kappa shape index (κ2) is 8.30. The molecule has 2 aliphatic rings. The van der Waals surface area contributed by atoms with Crippen molar-refractivity contribution in [1.82, 2.24) is 9.97 Å². The van der Waals surface area contributed by atoms with Crippen molar-refractivity contribution in [1.29, 1.82) is 0 Å². The lowest BCUT2D eigenvalue weighted by molar-refractivity contribution is -0.123. The fraction of sp³-hybridized carbons (Fsp3) is 0.455. The van der Waals surface area contributed by atoms with Gasteiger partial charge in [-0.15, -0.1) is 0 Å². The van der Waals surface area contributed by atoms with Gasteiger partial charge in [-0.2, -0.15) is 4.98 Å². The summed E-state index contributed by atoms with van der Waals surface area (Å²) < 4.78 is 0. The van der Waals surface area contributed by atoms with Gasteiger partial charge in [0.25, 0.3) is 5.56 Å². The second-order valence-corrected chi connectivity index (χ2v) is 8.27. The molecule has 158 valence electrons. The van der Waals surface area contributed by atoms with Crippen molar-refractivity contribution >= 4 is 29.3 Å². The molecule has 1 aromatic carbocycles. The van der Waals surface area contributed by atoms with Gasteiger partial charge in [-0.1, -0.05) is 26.0 Å². The number of hydrogen-bond donors (Lipinski definition) is 3. The van der Waals surface area contributed by atoms with Gasteiger partial charge in [0, 0.05) is 25.2 Å². The van der Waals surface area contributed by atoms with Crippen LogP contribution in [0.15, 0.2) is 29.1 Å². The van der Waals surface area contributed by atoms with E-state index in [1.807, 2.05) is 29.2 Å². The van der Waals surface area contributed by atoms with Crippen molar-refractivity contribution < 1.29 is 9.59 Å². The lowest BCUT2D eigenvalue weighted by Gasteiger charge is -2.29. The minimum atomic E-state index is -0.884. The van der Waals surface area contributed by atoms with Gasteiger partial charge in [0.05, 0.1) is 11.5 Å². The summed E-state index contributed by atoms with van der Waals surface area (Å²) >= 11 is 0. The van der Waals surface area contributed by atoms with E-state index in [2.05, 4.69) is 34.4 Å². The van der Waals surface area contributed by atoms with Crippen molar-refractivity contribution in [3.63, 3.8) is 0 Å². The zero-order valence-electron chi connectivity index (χ0n) is 17.3. The number of amides is 2. The Hall–Kier alpha value is -3.16. The number of aromatic amines is 1. The van der Waals surface area contributed by atoms with E-state index in [0.29, 0.717) is 17.6 Å². The van der Waals surface area contributed by atoms with Crippen molar-refractivity contribution in [3.8, 4) is 0 Å². The van der Waals surface area contributed by atoms with E-state index in [1.54, 1.807) is 0 Å². The Kier molecular flexibility index (Phi) is 5.57. The van der Waals surface area contributed by atoms with Crippen molar-refractivity contribution in [2.24, 2.45) is 0 Å². The van der Waals surface area contributed by atoms with Gasteiger partial charge in [-0.05, 0) is 42.9 Å². The molecule has 0 spiro atoms. The molecule has 3 heterocycles. The largest absolute Gasteiger partial charge is 0.342 e. The van der Waals surface area contributed by atoms with Crippen LogP contribution in [0.3, 0.4) is 0 Å². The first-order chi connectivity index (χ1) is 14.4. The third-order valence-corrected chi connectivity index (χ3v) is 5.76. The van der Waals surface area contributed by atoms with Gasteiger partial charge in [-0.3, -0.25) is 19.4 Å². The summed E-state index contributed by atoms with van der Waals surface area (Å²) in [6.45, 7) is 5.82. The smallest absolute Gasteiger partial charge is 0.258 e. The number of rotatable bonds is 4. The standard InChI is InChI=1S/C22H27N5O3/c1-13(2)14-6-8-15(9-7-14)23-20(29)16-12-17(28)24-19-18(16)21(30)26-22(25-19)27-10-4-3-5-11-27/h6-9,13,16H,3-5,10-12H2,1-2H3,(H,23,29)(H2,24,25,26,28,30)/t16-/m1/s1. The molecule has 2 aliphatic heterocycles. The predicted octanol–water partition coefficient (Wildman–Crippen LogP) is 2.95. The molecule has 0 unspecified atom stereocenters. The number of carbonyl (C=O) groups excluding carboxylic acids is 2. The van der Waals surface area contributed by atoms with Crippen LogP contribution >= 0.6 is 0 Å². The molecule has 1 atom stereocenters. The molecule has 8 heteroatoms. The van der Waals surface area contributed by atoms with Crippen LogP contribution in [0.5, 0.6) is 0 Å². The number of benzene rings is 1. The van der Waals surface area contributed by atoms with Crippen LogP contribution in [0, 0.1) is 0 Å². The molecule has 0 aliphatic carbocycles. The van der Waals surface area contributed by atoms with Crippen LogP contribution in [0.4, 0.5) is 17.5 Å². The Morgan fingerprint density at radius 1 is 1.13 bits per heavy atom. The summed E-state index contributed by atoms with van der Waals surface area (Å²) in [5.41, 5.74) is 1.63. The normalized spacial score (nSPS) is 18.7. The molecular weight excluding hydrogens is 382 g/mol. The van der Waals surface area contributed by atoms with E-state index in [0.717, 1.165) is 32.4 Å². The van der Waals surface area contributed by atoms with E-state index < -0.39 is 5.92 Å². The molecule has 1 aromatic heterocycles. The van der Waals surface area contributed by atoms with Gasteiger partial charge in [-0.25, -0.2) is 0 Å². The van der Waals surface area contributed by atoms with Crippen molar-refractivity contribution in [2.45, 2.75) is 51.4 Å². The van der Waals surface area contributed by atoms with Crippen LogP contribution in [-0.2, 0) is 9.59 Å². The number of nitrogens with zero attached hydrogens (tertiary/aromatic N) is 2. The molecule has 0 bridgehead atoms. The highest BCUT2D eigenvalue weighted by Crippen LogP contribution is 2.30. The predicted molar refractivity (Wildman–Crippen MR) is 116 cm³/mol. The monoisotopic (exact) mass is 409 g/mol. The third-order valence-electron chi connectivity index (χ3n) is 5.76. The Balaban J connectivity index is 1.60. The van der Waals surface area contributed by atoms with Crippen LogP contribution in [0.25, 0.3) is 0 Å². The quantitative estimate of drug-likeness (QED) is 0.720. The molecule has 2 aromatic rings. The minimum Gasteiger partial charge on any atom is -0.342 e. The molecule has 8 nitrogen and oxygen atoms in total. The maximum Gasteiger partial charge on any atom is 0.258 e. The molecule has 2 amide bonds. The number of hydrogen-bond acceptors (Lipinski definition) is 5. The number of carbonyl (C=O) groups is 2. The van der Waals surface area contributed by atoms with E-state index in [1.165, 1.54) is 5.56 Å². The van der Waals surface area contributed by atoms with Crippen molar-refractivity contribution in [3.05, 3.63) is 45.7 Å². The number of aromatic nitrogens is 2. The summed E-state index contributed by atoms with van der Waals surface area (Å²) in [6, 6.07) is 7.58. The van der Waals surface area contributed by atoms with Crippen LogP contribution in [-0.4, -0.2) is 34.9 Å². The van der Waals surface area contributed by atoms with E-state index in [-0.39, 0.29) is 35.2 Å². The Labute approximate surface area is 175 Å². The number of H-pyrrole nitrogens is 1. The molecule has 0 saturated carbocycles. The lowest BCUT2D eigenvalue weighted by Crippen LogP contribution is -2.38. The van der Waals surface area contributed by atoms with Gasteiger partial charge in [0.2, 0.25) is 17.8 Å². The van der Waals surface area contributed by atoms with Crippen LogP contribution in [0.1, 0.15) is 62.5 Å². The lowest BCUT2D eigenvalue weighted by atomic mass is 9.92. The number of nitrogens with one attached hydrogen (secondary N) is 3. The summed E-state index contributed by atoms with van der Waals surface area (Å²) in [5.74, 6) is -0.565. The highest BCUT2D eigenvalue weighted by atomic mass is 16.2. The summed E-state index contributed by atoms with van der Waals surface area (Å²) in [5, 5.41) is 5.51. The Morgan fingerprint density at radius 3 is 2.50 bits per heavy atom. The van der Waals surface area contributed by atoms with Gasteiger partial charge in [0.15, 0.2) is 0 Å². The maximum atomic E-state index is 13.0. The maximum absolute atomic E-state index is 13.0. The number of fused-ring (bicyclic) bond motifs is 1. The number of anilines is 3. The topological polar surface area (TPSA) is 107 Å². The van der Waals surface area contributed by atoms with Crippen LogP contribution < -0.4 is 21.1 Å². The molecule has 0 radical (unpaired) electrons. The molecule has 1 fully saturated rings. The fourth-order valence-electron chi connectivity index (χ4n) is 4.02. The average Bonchev–Trinajstić information content (AvgIpc) is 2.73. The zero-order valence-corrected chi connectivity index (χ0v) is 17.3. The fourth-order valence-corrected chi connectivity index (χ4v) is 4.02. The second-order valence-electron chi connectivity index (χ2n) is 8.27. The average molecular weight is 409 g/mol. The first-order valence-corrected chi connectivity index (χ1v) is 10.5. The Morgan fingerprint density at radius 2 is 1.83 bits per heavy atom. The van der Waals surface area contributed by atoms with E-state index >= 15 is 0 Å². The SMILES string of the molecule is CC(C)c1ccc(NC(=O)[C@@H]2CC(=O)Nc3nc(N4CCCCC4)[nH]c(=O)c32)cc1. The van der Waals surface area contributed by atoms with Gasteiger partial charge in [0.1, 0.15) is 5.82 Å². The highest BCUT2D eigenvalue weighted by molar-refractivity contribution is 6.04. The third kappa shape index (κ3) is 4.08. The van der Waals surface area contributed by atoms with Crippen LogP contribution in [0.2, 0.25) is 0 Å². The molecule has 4 rings (SSSR count). The first-order valence-electron chi connectivity index (χ1n) is 10.5. The molecule has 1 saturated heterocycles. The first kappa shape index (κ1) is 20.1. The zero-order chi connectivity index (χ0) is 21.3. The highest BCUT2D eigenvalue weighted by Gasteiger charge is 2.35. The van der Waals surface area contributed by atoms with E-state index in [4.69, 9.17) is 0 Å². The van der Waals surface area contributed by atoms with Gasteiger partial charge >= 0.3 is 0 Å². The van der Waals surface area contributed by atoms with Gasteiger partial charge < -0.3 is 15.5 Å². The minimum absolute atomic E-state index is 0.0866. The summed E-state index contributed by atoms with van der Waals surface area (Å²) in [7, 11) is 0.